The summed E-state index contributed by atoms with van der Waals surface area (Å²) >= 11 is 0. The Morgan fingerprint density at radius 3 is 2.40 bits per heavy atom. The van der Waals surface area contributed by atoms with Crippen molar-refractivity contribution >= 4 is 12.4 Å². The van der Waals surface area contributed by atoms with E-state index in [-0.39, 0.29) is 0 Å². The molecule has 0 heterocycles. The maximum absolute atomic E-state index is 10.8. The van der Waals surface area contributed by atoms with Crippen LogP contribution in [0, 0.1) is 0 Å². The molecule has 0 spiro atoms. The van der Waals surface area contributed by atoms with E-state index in [4.69, 9.17) is 9.47 Å². The SMILES string of the molecule is C/C=C/c1c(C=O)ccc(OC)c1OC. The number of benzene rings is 1. The molecule has 0 aromatic heterocycles. The van der Waals surface area contributed by atoms with Gasteiger partial charge in [-0.15, -0.1) is 0 Å². The molecule has 80 valence electrons. The number of hydrogen-bond donors (Lipinski definition) is 0. The van der Waals surface area contributed by atoms with Gasteiger partial charge in [0.1, 0.15) is 0 Å². The van der Waals surface area contributed by atoms with Crippen molar-refractivity contribution in [1.82, 2.24) is 0 Å². The van der Waals surface area contributed by atoms with Crippen molar-refractivity contribution in [3.05, 3.63) is 29.3 Å². The summed E-state index contributed by atoms with van der Waals surface area (Å²) in [5, 5.41) is 0. The third-order valence-corrected chi connectivity index (χ3v) is 2.08. The van der Waals surface area contributed by atoms with Crippen molar-refractivity contribution in [3.63, 3.8) is 0 Å². The molecule has 15 heavy (non-hydrogen) atoms. The van der Waals surface area contributed by atoms with E-state index < -0.39 is 0 Å². The van der Waals surface area contributed by atoms with E-state index in [9.17, 15) is 4.79 Å². The number of carbonyl (C=O) groups excluding carboxylic acids is 1. The molecule has 0 N–H and O–H groups in total. The third kappa shape index (κ3) is 2.18. The Kier molecular flexibility index (Phi) is 3.92. The molecule has 1 rings (SSSR count). The highest BCUT2D eigenvalue weighted by Crippen LogP contribution is 2.33. The first-order valence-electron chi connectivity index (χ1n) is 4.61. The van der Waals surface area contributed by atoms with Gasteiger partial charge >= 0.3 is 0 Å². The van der Waals surface area contributed by atoms with Gasteiger partial charge < -0.3 is 9.47 Å². The molecular formula is C12H14O3. The average Bonchev–Trinajstić information content (AvgIpc) is 2.28. The van der Waals surface area contributed by atoms with Gasteiger partial charge in [0, 0.05) is 11.1 Å². The van der Waals surface area contributed by atoms with Crippen LogP contribution < -0.4 is 9.47 Å². The number of allylic oxidation sites excluding steroid dienone is 1. The summed E-state index contributed by atoms with van der Waals surface area (Å²) in [6.07, 6.45) is 4.48. The van der Waals surface area contributed by atoms with E-state index in [1.54, 1.807) is 26.4 Å². The molecule has 0 aliphatic rings. The van der Waals surface area contributed by atoms with Crippen LogP contribution in [-0.2, 0) is 0 Å². The Hall–Kier alpha value is -1.77. The van der Waals surface area contributed by atoms with Crippen molar-refractivity contribution in [2.45, 2.75) is 6.92 Å². The van der Waals surface area contributed by atoms with Gasteiger partial charge in [0.2, 0.25) is 0 Å². The summed E-state index contributed by atoms with van der Waals surface area (Å²) in [5.41, 5.74) is 1.33. The fourth-order valence-electron chi connectivity index (χ4n) is 1.41. The van der Waals surface area contributed by atoms with E-state index >= 15 is 0 Å². The van der Waals surface area contributed by atoms with E-state index in [1.165, 1.54) is 0 Å². The lowest BCUT2D eigenvalue weighted by atomic mass is 10.1. The number of methoxy groups -OCH3 is 2. The minimum absolute atomic E-state index is 0.584. The molecule has 1 aromatic carbocycles. The molecule has 0 amide bonds. The monoisotopic (exact) mass is 206 g/mol. The molecule has 0 radical (unpaired) electrons. The van der Waals surface area contributed by atoms with Gasteiger partial charge in [-0.05, 0) is 19.1 Å². The molecule has 0 fully saturated rings. The standard InChI is InChI=1S/C12H14O3/c1-4-5-10-9(8-13)6-7-11(14-2)12(10)15-3/h4-8H,1-3H3/b5-4+. The molecule has 0 aliphatic carbocycles. The Balaban J connectivity index is 3.43. The first-order valence-corrected chi connectivity index (χ1v) is 4.61. The van der Waals surface area contributed by atoms with Gasteiger partial charge in [0.25, 0.3) is 0 Å². The fraction of sp³-hybridized carbons (Fsp3) is 0.250. The number of hydrogen-bond acceptors (Lipinski definition) is 3. The van der Waals surface area contributed by atoms with Crippen LogP contribution in [0.4, 0.5) is 0 Å². The summed E-state index contributed by atoms with van der Waals surface area (Å²) in [6, 6.07) is 3.43. The highest BCUT2D eigenvalue weighted by molar-refractivity contribution is 5.85. The van der Waals surface area contributed by atoms with E-state index in [0.717, 1.165) is 11.8 Å². The number of carbonyl (C=O) groups is 1. The second kappa shape index (κ2) is 5.20. The van der Waals surface area contributed by atoms with Crippen molar-refractivity contribution < 1.29 is 14.3 Å². The van der Waals surface area contributed by atoms with Gasteiger partial charge in [-0.1, -0.05) is 12.2 Å². The lowest BCUT2D eigenvalue weighted by Gasteiger charge is -2.11. The maximum Gasteiger partial charge on any atom is 0.168 e. The zero-order valence-electron chi connectivity index (χ0n) is 9.11. The van der Waals surface area contributed by atoms with Gasteiger partial charge in [-0.2, -0.15) is 0 Å². The van der Waals surface area contributed by atoms with E-state index in [2.05, 4.69) is 0 Å². The summed E-state index contributed by atoms with van der Waals surface area (Å²) < 4.78 is 10.4. The van der Waals surface area contributed by atoms with Crippen LogP contribution in [0.1, 0.15) is 22.8 Å². The zero-order valence-corrected chi connectivity index (χ0v) is 9.11. The number of rotatable bonds is 4. The second-order valence-electron chi connectivity index (χ2n) is 2.92. The molecule has 0 aliphatic heterocycles. The predicted octanol–water partition coefficient (Wildman–Crippen LogP) is 2.55. The van der Waals surface area contributed by atoms with Crippen molar-refractivity contribution in [2.75, 3.05) is 14.2 Å². The molecular weight excluding hydrogens is 192 g/mol. The Morgan fingerprint density at radius 2 is 1.93 bits per heavy atom. The maximum atomic E-state index is 10.8. The fourth-order valence-corrected chi connectivity index (χ4v) is 1.41. The minimum atomic E-state index is 0.584. The van der Waals surface area contributed by atoms with Crippen LogP contribution in [0.2, 0.25) is 0 Å². The lowest BCUT2D eigenvalue weighted by Crippen LogP contribution is -1.96. The molecule has 3 heteroatoms. The van der Waals surface area contributed by atoms with Crippen LogP contribution in [0.25, 0.3) is 6.08 Å². The van der Waals surface area contributed by atoms with Gasteiger partial charge in [-0.25, -0.2) is 0 Å². The van der Waals surface area contributed by atoms with E-state index in [0.29, 0.717) is 17.1 Å². The zero-order chi connectivity index (χ0) is 11.3. The number of ether oxygens (including phenoxy) is 2. The molecule has 3 nitrogen and oxygen atoms in total. The van der Waals surface area contributed by atoms with Crippen LogP contribution in [-0.4, -0.2) is 20.5 Å². The van der Waals surface area contributed by atoms with Crippen LogP contribution in [0.5, 0.6) is 11.5 Å². The quantitative estimate of drug-likeness (QED) is 0.710. The minimum Gasteiger partial charge on any atom is -0.493 e. The molecule has 0 saturated carbocycles. The molecule has 0 bridgehead atoms. The Bertz CT molecular complexity index is 381. The normalized spacial score (nSPS) is 10.3. The highest BCUT2D eigenvalue weighted by Gasteiger charge is 2.11. The van der Waals surface area contributed by atoms with Gasteiger partial charge in [0.15, 0.2) is 17.8 Å². The van der Waals surface area contributed by atoms with Crippen molar-refractivity contribution in [3.8, 4) is 11.5 Å². The highest BCUT2D eigenvalue weighted by atomic mass is 16.5. The molecule has 0 unspecified atom stereocenters. The molecule has 1 aromatic rings. The average molecular weight is 206 g/mol. The van der Waals surface area contributed by atoms with E-state index in [1.807, 2.05) is 19.1 Å². The predicted molar refractivity (Wildman–Crippen MR) is 59.6 cm³/mol. The van der Waals surface area contributed by atoms with Crippen molar-refractivity contribution in [2.24, 2.45) is 0 Å². The lowest BCUT2D eigenvalue weighted by molar-refractivity contribution is 0.112. The molecule has 0 atom stereocenters. The summed E-state index contributed by atoms with van der Waals surface area (Å²) in [6.45, 7) is 1.88. The second-order valence-corrected chi connectivity index (χ2v) is 2.92. The Labute approximate surface area is 89.3 Å². The largest absolute Gasteiger partial charge is 0.493 e. The van der Waals surface area contributed by atoms with Crippen molar-refractivity contribution in [1.29, 1.82) is 0 Å². The smallest absolute Gasteiger partial charge is 0.168 e. The molecule has 0 saturated heterocycles. The van der Waals surface area contributed by atoms with Gasteiger partial charge in [0.05, 0.1) is 14.2 Å². The van der Waals surface area contributed by atoms with Crippen LogP contribution in [0.3, 0.4) is 0 Å². The van der Waals surface area contributed by atoms with Crippen LogP contribution in [0.15, 0.2) is 18.2 Å². The summed E-state index contributed by atoms with van der Waals surface area (Å²) in [5.74, 6) is 1.21. The first-order chi connectivity index (χ1) is 7.28. The van der Waals surface area contributed by atoms with Gasteiger partial charge in [-0.3, -0.25) is 4.79 Å². The number of aldehydes is 1. The third-order valence-electron chi connectivity index (χ3n) is 2.08. The topological polar surface area (TPSA) is 35.5 Å². The van der Waals surface area contributed by atoms with Crippen LogP contribution >= 0.6 is 0 Å². The summed E-state index contributed by atoms with van der Waals surface area (Å²) in [4.78, 5) is 10.8. The Morgan fingerprint density at radius 1 is 1.20 bits per heavy atom. The first kappa shape index (κ1) is 11.3. The summed E-state index contributed by atoms with van der Waals surface area (Å²) in [7, 11) is 3.12.